The lowest BCUT2D eigenvalue weighted by molar-refractivity contribution is 0.670. The monoisotopic (exact) mass is 550 g/mol. The molecule has 0 amide bonds. The van der Waals surface area contributed by atoms with Gasteiger partial charge in [0.25, 0.3) is 0 Å². The van der Waals surface area contributed by atoms with Crippen LogP contribution >= 0.6 is 0 Å². The fourth-order valence-corrected chi connectivity index (χ4v) is 7.30. The summed E-state index contributed by atoms with van der Waals surface area (Å²) in [5.41, 5.74) is 12.3. The molecule has 0 fully saturated rings. The van der Waals surface area contributed by atoms with Gasteiger partial charge in [0.1, 0.15) is 11.2 Å². The maximum absolute atomic E-state index is 6.59. The van der Waals surface area contributed by atoms with Crippen LogP contribution in [0.5, 0.6) is 0 Å². The van der Waals surface area contributed by atoms with Crippen LogP contribution in [-0.2, 0) is 0 Å². The zero-order valence-electron chi connectivity index (χ0n) is 24.4. The second-order valence-corrected chi connectivity index (χ2v) is 12.2. The minimum Gasteiger partial charge on any atom is -0.455 e. The van der Waals surface area contributed by atoms with Crippen LogP contribution < -0.4 is 0 Å². The van der Waals surface area contributed by atoms with Crippen molar-refractivity contribution in [3.05, 3.63) is 138 Å². The number of hydrogen-bond acceptors (Lipinski definition) is 1. The van der Waals surface area contributed by atoms with Crippen LogP contribution in [0.15, 0.2) is 131 Å². The highest BCUT2D eigenvalue weighted by Crippen LogP contribution is 2.47. The Morgan fingerprint density at radius 1 is 0.512 bits per heavy atom. The third-order valence-electron chi connectivity index (χ3n) is 9.54. The predicted molar refractivity (Wildman–Crippen MR) is 184 cm³/mol. The molecule has 1 aliphatic carbocycles. The number of furan rings is 1. The van der Waals surface area contributed by atoms with E-state index in [0.29, 0.717) is 0 Å². The van der Waals surface area contributed by atoms with Gasteiger partial charge in [-0.25, -0.2) is 0 Å². The quantitative estimate of drug-likeness (QED) is 0.199. The van der Waals surface area contributed by atoms with Gasteiger partial charge in [-0.15, -0.1) is 0 Å². The molecular weight excluding hydrogens is 520 g/mol. The Labute approximate surface area is 250 Å². The van der Waals surface area contributed by atoms with Crippen molar-refractivity contribution in [3.63, 3.8) is 0 Å². The van der Waals surface area contributed by atoms with Gasteiger partial charge in [0.15, 0.2) is 0 Å². The fourth-order valence-electron chi connectivity index (χ4n) is 7.30. The highest BCUT2D eigenvalue weighted by molar-refractivity contribution is 6.29. The molecular formula is C42H30O. The normalized spacial score (nSPS) is 13.9. The van der Waals surface area contributed by atoms with E-state index in [1.807, 2.05) is 0 Å². The molecule has 204 valence electrons. The Balaban J connectivity index is 1.43. The van der Waals surface area contributed by atoms with Crippen molar-refractivity contribution < 1.29 is 4.42 Å². The third-order valence-corrected chi connectivity index (χ3v) is 9.54. The lowest BCUT2D eigenvalue weighted by atomic mass is 9.82. The molecule has 9 rings (SSSR count). The van der Waals surface area contributed by atoms with Crippen LogP contribution in [0.2, 0.25) is 0 Å². The van der Waals surface area contributed by atoms with Gasteiger partial charge in [-0.3, -0.25) is 0 Å². The number of hydrogen-bond donors (Lipinski definition) is 0. The lowest BCUT2D eigenvalue weighted by Gasteiger charge is -2.21. The van der Waals surface area contributed by atoms with Crippen molar-refractivity contribution in [2.24, 2.45) is 0 Å². The average molecular weight is 551 g/mol. The van der Waals surface area contributed by atoms with Gasteiger partial charge >= 0.3 is 0 Å². The Bertz CT molecular complexity index is 2450. The van der Waals surface area contributed by atoms with E-state index in [9.17, 15) is 0 Å². The van der Waals surface area contributed by atoms with Gasteiger partial charge < -0.3 is 4.42 Å². The van der Waals surface area contributed by atoms with Crippen molar-refractivity contribution >= 4 is 59.8 Å². The Kier molecular flexibility index (Phi) is 5.22. The lowest BCUT2D eigenvalue weighted by Crippen LogP contribution is -1.97. The maximum atomic E-state index is 6.59. The molecule has 0 N–H and O–H groups in total. The molecule has 8 aromatic rings. The van der Waals surface area contributed by atoms with Crippen LogP contribution in [0, 0.1) is 6.92 Å². The van der Waals surface area contributed by atoms with Crippen LogP contribution in [0.1, 0.15) is 30.9 Å². The summed E-state index contributed by atoms with van der Waals surface area (Å²) < 4.78 is 6.59. The zero-order chi connectivity index (χ0) is 28.7. The molecule has 0 spiro atoms. The summed E-state index contributed by atoms with van der Waals surface area (Å²) in [6.07, 6.45) is 6.79. The van der Waals surface area contributed by atoms with Gasteiger partial charge in [-0.1, -0.05) is 120 Å². The molecule has 1 nitrogen and oxygen atoms in total. The molecule has 1 heterocycles. The van der Waals surface area contributed by atoms with E-state index in [2.05, 4.69) is 135 Å². The number of fused-ring (bicyclic) bond motifs is 3. The minimum atomic E-state index is 0.932. The number of para-hydroxylation sites is 2. The molecule has 0 bridgehead atoms. The van der Waals surface area contributed by atoms with E-state index < -0.39 is 0 Å². The molecule has 0 aliphatic heterocycles. The Hall–Kier alpha value is -5.14. The van der Waals surface area contributed by atoms with Crippen LogP contribution in [-0.4, -0.2) is 0 Å². The van der Waals surface area contributed by atoms with Crippen molar-refractivity contribution in [2.75, 3.05) is 0 Å². The molecule has 0 radical (unpaired) electrons. The van der Waals surface area contributed by atoms with Crippen molar-refractivity contribution in [3.8, 4) is 22.3 Å². The number of aryl methyl sites for hydroxylation is 1. The van der Waals surface area contributed by atoms with Gasteiger partial charge in [-0.05, 0) is 99.0 Å². The molecule has 0 atom stereocenters. The first-order chi connectivity index (χ1) is 21.1. The molecule has 1 aromatic heterocycles. The van der Waals surface area contributed by atoms with E-state index in [4.69, 9.17) is 4.42 Å². The van der Waals surface area contributed by atoms with Gasteiger partial charge in [-0.2, -0.15) is 0 Å². The summed E-state index contributed by atoms with van der Waals surface area (Å²) in [6.45, 7) is 4.38. The van der Waals surface area contributed by atoms with Gasteiger partial charge in [0.05, 0.1) is 0 Å². The van der Waals surface area contributed by atoms with Crippen LogP contribution in [0.4, 0.5) is 0 Å². The van der Waals surface area contributed by atoms with E-state index >= 15 is 0 Å². The first-order valence-electron chi connectivity index (χ1n) is 15.2. The third kappa shape index (κ3) is 3.64. The van der Waals surface area contributed by atoms with E-state index in [-0.39, 0.29) is 0 Å². The van der Waals surface area contributed by atoms with Crippen LogP contribution in [0.3, 0.4) is 0 Å². The van der Waals surface area contributed by atoms with Crippen LogP contribution in [0.25, 0.3) is 82.1 Å². The van der Waals surface area contributed by atoms with Gasteiger partial charge in [0, 0.05) is 16.3 Å². The Morgan fingerprint density at radius 2 is 1.26 bits per heavy atom. The molecule has 1 aliphatic rings. The van der Waals surface area contributed by atoms with E-state index in [1.54, 1.807) is 0 Å². The number of allylic oxidation sites excluding steroid dienone is 4. The molecule has 7 aromatic carbocycles. The SMILES string of the molecule is CC1=CC=C(c2cc(-c3cccc4c3oc3ccccc34)c3ccc4ccc(-c5ccc(C)cc5)c5ccc2c3c45)CC1. The van der Waals surface area contributed by atoms with Crippen molar-refractivity contribution in [2.45, 2.75) is 26.7 Å². The Morgan fingerprint density at radius 3 is 2.09 bits per heavy atom. The summed E-state index contributed by atoms with van der Waals surface area (Å²) >= 11 is 0. The zero-order valence-corrected chi connectivity index (χ0v) is 24.4. The predicted octanol–water partition coefficient (Wildman–Crippen LogP) is 12.2. The highest BCUT2D eigenvalue weighted by Gasteiger charge is 2.21. The average Bonchev–Trinajstić information content (AvgIpc) is 3.43. The minimum absolute atomic E-state index is 0.932. The first-order valence-corrected chi connectivity index (χ1v) is 15.2. The van der Waals surface area contributed by atoms with E-state index in [0.717, 1.165) is 40.3 Å². The smallest absolute Gasteiger partial charge is 0.143 e. The molecule has 43 heavy (non-hydrogen) atoms. The summed E-state index contributed by atoms with van der Waals surface area (Å²) in [7, 11) is 0. The standard InChI is InChI=1S/C42H30O/c1-25-10-14-27(15-11-25)30-20-18-29-19-21-34-38(36-8-5-7-35-31-6-3-4-9-39(31)43-42(35)36)24-37(28-16-12-26(2)13-17-28)33-23-22-32(30)40(29)41(33)34/h3-12,14-16,18-24H,13,17H2,1-2H3. The molecule has 0 unspecified atom stereocenters. The fraction of sp³-hybridized carbons (Fsp3) is 0.0952. The van der Waals surface area contributed by atoms with Gasteiger partial charge in [0.2, 0.25) is 0 Å². The van der Waals surface area contributed by atoms with Crippen molar-refractivity contribution in [1.82, 2.24) is 0 Å². The second kappa shape index (κ2) is 9.18. The molecule has 0 saturated carbocycles. The number of benzene rings is 7. The summed E-state index contributed by atoms with van der Waals surface area (Å²) in [4.78, 5) is 0. The topological polar surface area (TPSA) is 13.1 Å². The summed E-state index contributed by atoms with van der Waals surface area (Å²) in [5, 5.41) is 10.2. The molecule has 1 heteroatoms. The first kappa shape index (κ1) is 24.5. The van der Waals surface area contributed by atoms with Crippen molar-refractivity contribution in [1.29, 1.82) is 0 Å². The largest absolute Gasteiger partial charge is 0.455 e. The second-order valence-electron chi connectivity index (χ2n) is 12.2. The maximum Gasteiger partial charge on any atom is 0.143 e. The number of rotatable bonds is 3. The summed E-state index contributed by atoms with van der Waals surface area (Å²) in [5.74, 6) is 0. The summed E-state index contributed by atoms with van der Waals surface area (Å²) in [6, 6.07) is 40.3. The highest BCUT2D eigenvalue weighted by atomic mass is 16.3. The molecule has 0 saturated heterocycles. The van der Waals surface area contributed by atoms with E-state index in [1.165, 1.54) is 71.3 Å².